The molecule has 1 aliphatic rings. The van der Waals surface area contributed by atoms with Crippen molar-refractivity contribution in [3.05, 3.63) is 46.5 Å². The molecule has 1 saturated heterocycles. The fourth-order valence-electron chi connectivity index (χ4n) is 2.81. The second kappa shape index (κ2) is 7.59. The molecule has 1 amide bonds. The predicted octanol–water partition coefficient (Wildman–Crippen LogP) is 2.84. The third-order valence-corrected chi connectivity index (χ3v) is 4.61. The van der Waals surface area contributed by atoms with Crippen LogP contribution in [0.3, 0.4) is 0 Å². The first kappa shape index (κ1) is 19.5. The summed E-state index contributed by atoms with van der Waals surface area (Å²) in [6.45, 7) is 1.15. The molecule has 3 N–H and O–H groups in total. The molecule has 1 unspecified atom stereocenters. The zero-order chi connectivity index (χ0) is 17.3. The second-order valence-electron chi connectivity index (χ2n) is 5.41. The number of nitrogen functional groups attached to an aromatic ring is 1. The quantitative estimate of drug-likeness (QED) is 0.842. The number of aromatic nitrogens is 1. The molecular weight excluding hydrogens is 377 g/mol. The van der Waals surface area contributed by atoms with Crippen LogP contribution in [0.15, 0.2) is 30.5 Å². The molecule has 1 atom stereocenters. The van der Waals surface area contributed by atoms with Crippen LogP contribution < -0.4 is 11.1 Å². The number of anilines is 1. The van der Waals surface area contributed by atoms with Crippen LogP contribution in [0.25, 0.3) is 0 Å². The smallest absolute Gasteiger partial charge is 0.375 e. The van der Waals surface area contributed by atoms with Crippen molar-refractivity contribution in [1.29, 1.82) is 0 Å². The fraction of sp³-hybridized carbons (Fsp3) is 0.333. The van der Waals surface area contributed by atoms with Crippen LogP contribution in [-0.2, 0) is 17.5 Å². The highest BCUT2D eigenvalue weighted by molar-refractivity contribution is 7.15. The molecule has 2 aromatic rings. The topological polar surface area (TPSA) is 71.2 Å². The lowest BCUT2D eigenvalue weighted by Crippen LogP contribution is -2.49. The van der Waals surface area contributed by atoms with Crippen molar-refractivity contribution < 1.29 is 18.0 Å². The summed E-state index contributed by atoms with van der Waals surface area (Å²) in [4.78, 5) is 18.8. The Hall–Kier alpha value is -1.84. The minimum absolute atomic E-state index is 0. The van der Waals surface area contributed by atoms with Crippen molar-refractivity contribution in [2.24, 2.45) is 0 Å². The van der Waals surface area contributed by atoms with Gasteiger partial charge < -0.3 is 11.1 Å². The molecule has 0 aliphatic carbocycles. The summed E-state index contributed by atoms with van der Waals surface area (Å²) in [6.07, 6.45) is -2.94. The van der Waals surface area contributed by atoms with Gasteiger partial charge in [-0.2, -0.15) is 13.2 Å². The number of thiazole rings is 1. The van der Waals surface area contributed by atoms with Crippen LogP contribution in [0.1, 0.15) is 22.0 Å². The van der Waals surface area contributed by atoms with E-state index in [0.717, 1.165) is 10.9 Å². The van der Waals surface area contributed by atoms with Crippen LogP contribution in [-0.4, -0.2) is 28.9 Å². The standard InChI is InChI=1S/C15H15F3N4OS.ClH/c16-15(17,18)11-4-2-1-3-10(11)12-13(23)20-5-6-22(12)8-9-7-21-14(19)24-9;/h1-4,7,12H,5-6,8H2,(H2,19,21)(H,20,23);1H. The molecule has 0 bridgehead atoms. The maximum absolute atomic E-state index is 13.3. The summed E-state index contributed by atoms with van der Waals surface area (Å²) in [5, 5.41) is 3.03. The van der Waals surface area contributed by atoms with Crippen molar-refractivity contribution in [3.63, 3.8) is 0 Å². The van der Waals surface area contributed by atoms with Crippen molar-refractivity contribution in [1.82, 2.24) is 15.2 Å². The van der Waals surface area contributed by atoms with Gasteiger partial charge in [0.2, 0.25) is 5.91 Å². The van der Waals surface area contributed by atoms with E-state index in [1.807, 2.05) is 0 Å². The lowest BCUT2D eigenvalue weighted by molar-refractivity contribution is -0.140. The van der Waals surface area contributed by atoms with Crippen molar-refractivity contribution in [2.75, 3.05) is 18.8 Å². The average Bonchev–Trinajstić information content (AvgIpc) is 2.92. The zero-order valence-corrected chi connectivity index (χ0v) is 14.5. The molecule has 0 spiro atoms. The molecule has 0 radical (unpaired) electrons. The van der Waals surface area contributed by atoms with E-state index in [1.54, 1.807) is 11.1 Å². The number of nitrogens with zero attached hydrogens (tertiary/aromatic N) is 2. The molecule has 10 heteroatoms. The normalized spacial score (nSPS) is 18.5. The van der Waals surface area contributed by atoms with Crippen LogP contribution in [0, 0.1) is 0 Å². The van der Waals surface area contributed by atoms with Gasteiger partial charge in [0.05, 0.1) is 5.56 Å². The molecule has 1 aromatic heterocycles. The van der Waals surface area contributed by atoms with Gasteiger partial charge in [-0.15, -0.1) is 23.7 Å². The number of nitrogens with one attached hydrogen (secondary N) is 1. The minimum Gasteiger partial charge on any atom is -0.375 e. The summed E-state index contributed by atoms with van der Waals surface area (Å²) >= 11 is 1.26. The lowest BCUT2D eigenvalue weighted by Gasteiger charge is -2.35. The number of carbonyl (C=O) groups excluding carboxylic acids is 1. The Kier molecular flexibility index (Phi) is 5.91. The van der Waals surface area contributed by atoms with Gasteiger partial charge in [-0.3, -0.25) is 9.69 Å². The Morgan fingerprint density at radius 1 is 1.36 bits per heavy atom. The summed E-state index contributed by atoms with van der Waals surface area (Å²) in [5.41, 5.74) is 4.77. The maximum atomic E-state index is 13.3. The average molecular weight is 393 g/mol. The molecule has 3 rings (SSSR count). The number of amides is 1. The van der Waals surface area contributed by atoms with E-state index in [-0.39, 0.29) is 18.0 Å². The van der Waals surface area contributed by atoms with Gasteiger partial charge in [0.1, 0.15) is 6.04 Å². The molecule has 0 saturated carbocycles. The largest absolute Gasteiger partial charge is 0.416 e. The number of alkyl halides is 3. The lowest BCUT2D eigenvalue weighted by atomic mass is 9.96. The monoisotopic (exact) mass is 392 g/mol. The Balaban J connectivity index is 0.00000225. The molecule has 2 heterocycles. The van der Waals surface area contributed by atoms with Crippen molar-refractivity contribution >= 4 is 34.8 Å². The summed E-state index contributed by atoms with van der Waals surface area (Å²) < 4.78 is 39.9. The van der Waals surface area contributed by atoms with Gasteiger partial charge in [-0.25, -0.2) is 4.98 Å². The first-order valence-electron chi connectivity index (χ1n) is 7.24. The number of carbonyl (C=O) groups is 1. The highest BCUT2D eigenvalue weighted by Crippen LogP contribution is 2.37. The third-order valence-electron chi connectivity index (χ3n) is 3.80. The van der Waals surface area contributed by atoms with E-state index in [9.17, 15) is 18.0 Å². The number of piperazine rings is 1. The van der Waals surface area contributed by atoms with E-state index in [0.29, 0.717) is 24.8 Å². The highest BCUT2D eigenvalue weighted by Gasteiger charge is 2.40. The Labute approximate surface area is 152 Å². The number of rotatable bonds is 3. The summed E-state index contributed by atoms with van der Waals surface area (Å²) in [6, 6.07) is 4.18. The van der Waals surface area contributed by atoms with Crippen LogP contribution in [0.2, 0.25) is 0 Å². The Morgan fingerprint density at radius 3 is 2.72 bits per heavy atom. The highest BCUT2D eigenvalue weighted by atomic mass is 35.5. The maximum Gasteiger partial charge on any atom is 0.416 e. The first-order chi connectivity index (χ1) is 11.4. The Morgan fingerprint density at radius 2 is 2.08 bits per heavy atom. The van der Waals surface area contributed by atoms with Crippen LogP contribution in [0.5, 0.6) is 0 Å². The SMILES string of the molecule is Cl.Nc1ncc(CN2CCNC(=O)C2c2ccccc2C(F)(F)F)s1. The fourth-order valence-corrected chi connectivity index (χ4v) is 3.52. The molecular formula is C15H16ClF3N4OS. The van der Waals surface area contributed by atoms with E-state index in [1.165, 1.54) is 29.5 Å². The van der Waals surface area contributed by atoms with E-state index >= 15 is 0 Å². The number of nitrogens with two attached hydrogens (primary N) is 1. The first-order valence-corrected chi connectivity index (χ1v) is 8.06. The van der Waals surface area contributed by atoms with Gasteiger partial charge in [0.25, 0.3) is 0 Å². The van der Waals surface area contributed by atoms with Crippen LogP contribution in [0.4, 0.5) is 18.3 Å². The molecule has 136 valence electrons. The minimum atomic E-state index is -4.52. The molecule has 1 aliphatic heterocycles. The zero-order valence-electron chi connectivity index (χ0n) is 12.9. The van der Waals surface area contributed by atoms with Crippen molar-refractivity contribution in [2.45, 2.75) is 18.8 Å². The number of hydrogen-bond donors (Lipinski definition) is 2. The van der Waals surface area contributed by atoms with E-state index < -0.39 is 23.7 Å². The molecule has 25 heavy (non-hydrogen) atoms. The third kappa shape index (κ3) is 4.23. The predicted molar refractivity (Wildman–Crippen MR) is 91.4 cm³/mol. The molecule has 1 fully saturated rings. The molecule has 5 nitrogen and oxygen atoms in total. The van der Waals surface area contributed by atoms with Crippen LogP contribution >= 0.6 is 23.7 Å². The van der Waals surface area contributed by atoms with Gasteiger partial charge in [0, 0.05) is 30.7 Å². The van der Waals surface area contributed by atoms with E-state index in [2.05, 4.69) is 10.3 Å². The van der Waals surface area contributed by atoms with E-state index in [4.69, 9.17) is 5.73 Å². The summed E-state index contributed by atoms with van der Waals surface area (Å²) in [7, 11) is 0. The van der Waals surface area contributed by atoms with Crippen molar-refractivity contribution in [3.8, 4) is 0 Å². The summed E-state index contributed by atoms with van der Waals surface area (Å²) in [5.74, 6) is -0.435. The second-order valence-corrected chi connectivity index (χ2v) is 6.56. The Bertz CT molecular complexity index is 752. The number of halogens is 4. The van der Waals surface area contributed by atoms with Gasteiger partial charge >= 0.3 is 6.18 Å². The van der Waals surface area contributed by atoms with Gasteiger partial charge in [0.15, 0.2) is 5.13 Å². The van der Waals surface area contributed by atoms with Gasteiger partial charge in [-0.1, -0.05) is 18.2 Å². The number of benzene rings is 1. The van der Waals surface area contributed by atoms with Gasteiger partial charge in [-0.05, 0) is 11.6 Å². The molecule has 1 aromatic carbocycles. The number of hydrogen-bond acceptors (Lipinski definition) is 5.